The first-order valence-corrected chi connectivity index (χ1v) is 8.82. The summed E-state index contributed by atoms with van der Waals surface area (Å²) in [6.07, 6.45) is 1.25. The summed E-state index contributed by atoms with van der Waals surface area (Å²) in [6.45, 7) is 2.07. The predicted molar refractivity (Wildman–Crippen MR) is 80.3 cm³/mol. The first-order valence-electron chi connectivity index (χ1n) is 5.95. The molecule has 0 atom stereocenters. The van der Waals surface area contributed by atoms with E-state index in [0.717, 1.165) is 10.6 Å². The zero-order chi connectivity index (χ0) is 13.9. The second kappa shape index (κ2) is 5.80. The van der Waals surface area contributed by atoms with Crippen molar-refractivity contribution in [3.05, 3.63) is 59.7 Å². The Balaban J connectivity index is 2.24. The number of thioether (sulfide) groups is 1. The number of hydrogen-bond donors (Lipinski definition) is 0. The Labute approximate surface area is 118 Å². The molecule has 0 unspecified atom stereocenters. The molecule has 0 spiro atoms. The van der Waals surface area contributed by atoms with Gasteiger partial charge in [0.25, 0.3) is 0 Å². The van der Waals surface area contributed by atoms with E-state index in [1.165, 1.54) is 17.4 Å². The van der Waals surface area contributed by atoms with Crippen LogP contribution in [0.25, 0.3) is 0 Å². The Hall–Kier alpha value is -1.26. The highest BCUT2D eigenvalue weighted by molar-refractivity contribution is 7.99. The lowest BCUT2D eigenvalue weighted by molar-refractivity contribution is 0.600. The Bertz CT molecular complexity index is 676. The van der Waals surface area contributed by atoms with Gasteiger partial charge in [0, 0.05) is 16.9 Å². The zero-order valence-corrected chi connectivity index (χ0v) is 12.6. The van der Waals surface area contributed by atoms with Gasteiger partial charge >= 0.3 is 0 Å². The molecule has 0 saturated carbocycles. The van der Waals surface area contributed by atoms with E-state index >= 15 is 0 Å². The van der Waals surface area contributed by atoms with Crippen molar-refractivity contribution in [3.8, 4) is 0 Å². The molecule has 0 saturated heterocycles. The number of hydrogen-bond acceptors (Lipinski definition) is 3. The maximum atomic E-state index is 11.7. The maximum absolute atomic E-state index is 11.7. The monoisotopic (exact) mass is 292 g/mol. The van der Waals surface area contributed by atoms with Crippen molar-refractivity contribution in [1.82, 2.24) is 0 Å². The van der Waals surface area contributed by atoms with Gasteiger partial charge in [-0.15, -0.1) is 11.8 Å². The van der Waals surface area contributed by atoms with E-state index in [9.17, 15) is 8.42 Å². The average Bonchev–Trinajstić information content (AvgIpc) is 2.37. The van der Waals surface area contributed by atoms with Gasteiger partial charge in [-0.05, 0) is 30.2 Å². The third-order valence-electron chi connectivity index (χ3n) is 2.89. The van der Waals surface area contributed by atoms with Crippen molar-refractivity contribution in [2.45, 2.75) is 22.5 Å². The fourth-order valence-corrected chi connectivity index (χ4v) is 4.21. The maximum Gasteiger partial charge on any atom is 0.176 e. The highest BCUT2D eigenvalue weighted by Crippen LogP contribution is 2.29. The molecule has 2 rings (SSSR count). The van der Waals surface area contributed by atoms with Crippen LogP contribution in [0.3, 0.4) is 0 Å². The minimum Gasteiger partial charge on any atom is -0.224 e. The first kappa shape index (κ1) is 14.2. The van der Waals surface area contributed by atoms with Gasteiger partial charge in [0.2, 0.25) is 0 Å². The molecule has 2 aromatic carbocycles. The summed E-state index contributed by atoms with van der Waals surface area (Å²) in [5.74, 6) is 0.777. The third kappa shape index (κ3) is 3.61. The van der Waals surface area contributed by atoms with Crippen LogP contribution in [-0.4, -0.2) is 14.7 Å². The fourth-order valence-electron chi connectivity index (χ4n) is 1.80. The normalized spacial score (nSPS) is 11.5. The molecule has 0 bridgehead atoms. The predicted octanol–water partition coefficient (Wildman–Crippen LogP) is 3.69. The van der Waals surface area contributed by atoms with E-state index in [1.807, 2.05) is 24.3 Å². The first-order chi connectivity index (χ1) is 8.98. The van der Waals surface area contributed by atoms with Crippen molar-refractivity contribution >= 4 is 21.6 Å². The molecular formula is C15H16O2S2. The molecular weight excluding hydrogens is 276 g/mol. The van der Waals surface area contributed by atoms with Crippen molar-refractivity contribution in [2.75, 3.05) is 6.26 Å². The summed E-state index contributed by atoms with van der Waals surface area (Å²) in [4.78, 5) is 1.22. The quantitative estimate of drug-likeness (QED) is 0.806. The molecule has 2 nitrogen and oxygen atoms in total. The van der Waals surface area contributed by atoms with E-state index in [-0.39, 0.29) is 0 Å². The van der Waals surface area contributed by atoms with Crippen LogP contribution in [-0.2, 0) is 15.6 Å². The molecule has 4 heteroatoms. The van der Waals surface area contributed by atoms with Gasteiger partial charge in [0.05, 0.1) is 4.90 Å². The summed E-state index contributed by atoms with van der Waals surface area (Å²) in [5, 5.41) is 0. The van der Waals surface area contributed by atoms with Crippen molar-refractivity contribution < 1.29 is 8.42 Å². The molecule has 0 aliphatic carbocycles. The van der Waals surface area contributed by atoms with E-state index in [2.05, 4.69) is 19.1 Å². The highest BCUT2D eigenvalue weighted by atomic mass is 32.2. The van der Waals surface area contributed by atoms with E-state index in [1.54, 1.807) is 23.9 Å². The fraction of sp³-hybridized carbons (Fsp3) is 0.200. The molecule has 0 fully saturated rings. The lowest BCUT2D eigenvalue weighted by atomic mass is 10.1. The van der Waals surface area contributed by atoms with Gasteiger partial charge < -0.3 is 0 Å². The topological polar surface area (TPSA) is 34.1 Å². The lowest BCUT2D eigenvalue weighted by Crippen LogP contribution is -1.99. The second-order valence-corrected chi connectivity index (χ2v) is 7.44. The van der Waals surface area contributed by atoms with E-state index in [0.29, 0.717) is 4.90 Å². The van der Waals surface area contributed by atoms with Crippen LogP contribution >= 0.6 is 11.8 Å². The van der Waals surface area contributed by atoms with Crippen LogP contribution in [0.2, 0.25) is 0 Å². The zero-order valence-electron chi connectivity index (χ0n) is 11.0. The van der Waals surface area contributed by atoms with Gasteiger partial charge in [-0.25, -0.2) is 8.42 Å². The molecule has 0 N–H and O–H groups in total. The summed E-state index contributed by atoms with van der Waals surface area (Å²) in [5.41, 5.74) is 2.46. The number of sulfone groups is 1. The second-order valence-electron chi connectivity index (χ2n) is 4.43. The van der Waals surface area contributed by atoms with Crippen LogP contribution in [0.4, 0.5) is 0 Å². The lowest BCUT2D eigenvalue weighted by Gasteiger charge is -2.08. The molecule has 0 aliphatic rings. The van der Waals surface area contributed by atoms with Gasteiger partial charge in [0.1, 0.15) is 0 Å². The molecule has 0 amide bonds. The molecule has 0 aromatic heterocycles. The van der Waals surface area contributed by atoms with Crippen molar-refractivity contribution in [3.63, 3.8) is 0 Å². The SMILES string of the molecule is Cc1ccccc1CSc1ccccc1S(C)(=O)=O. The Kier molecular flexibility index (Phi) is 4.32. The Morgan fingerprint density at radius 1 is 1.00 bits per heavy atom. The van der Waals surface area contributed by atoms with Crippen molar-refractivity contribution in [1.29, 1.82) is 0 Å². The molecule has 19 heavy (non-hydrogen) atoms. The van der Waals surface area contributed by atoms with Crippen LogP contribution in [0, 0.1) is 6.92 Å². The largest absolute Gasteiger partial charge is 0.224 e. The van der Waals surface area contributed by atoms with E-state index in [4.69, 9.17) is 0 Å². The minimum absolute atomic E-state index is 0.411. The van der Waals surface area contributed by atoms with Crippen molar-refractivity contribution in [2.24, 2.45) is 0 Å². The van der Waals surface area contributed by atoms with E-state index < -0.39 is 9.84 Å². The smallest absolute Gasteiger partial charge is 0.176 e. The highest BCUT2D eigenvalue weighted by Gasteiger charge is 2.12. The van der Waals surface area contributed by atoms with Gasteiger partial charge in [-0.1, -0.05) is 36.4 Å². The summed E-state index contributed by atoms with van der Waals surface area (Å²) < 4.78 is 23.4. The van der Waals surface area contributed by atoms with Gasteiger partial charge in [0.15, 0.2) is 9.84 Å². The van der Waals surface area contributed by atoms with Crippen LogP contribution < -0.4 is 0 Å². The Morgan fingerprint density at radius 3 is 2.32 bits per heavy atom. The van der Waals surface area contributed by atoms with Gasteiger partial charge in [-0.3, -0.25) is 0 Å². The van der Waals surface area contributed by atoms with Crippen LogP contribution in [0.5, 0.6) is 0 Å². The van der Waals surface area contributed by atoms with Gasteiger partial charge in [-0.2, -0.15) is 0 Å². The summed E-state index contributed by atoms with van der Waals surface area (Å²) in [7, 11) is -3.17. The molecule has 0 radical (unpaired) electrons. The average molecular weight is 292 g/mol. The summed E-state index contributed by atoms with van der Waals surface area (Å²) in [6, 6.07) is 15.3. The summed E-state index contributed by atoms with van der Waals surface area (Å²) >= 11 is 1.56. The molecule has 0 aliphatic heterocycles. The number of benzene rings is 2. The van der Waals surface area contributed by atoms with Crippen LogP contribution in [0.1, 0.15) is 11.1 Å². The minimum atomic E-state index is -3.17. The number of rotatable bonds is 4. The third-order valence-corrected chi connectivity index (χ3v) is 5.30. The molecule has 2 aromatic rings. The molecule has 100 valence electrons. The standard InChI is InChI=1S/C15H16O2S2/c1-12-7-3-4-8-13(12)11-18-14-9-5-6-10-15(14)19(2,16)17/h3-10H,11H2,1-2H3. The molecule has 0 heterocycles. The Morgan fingerprint density at radius 2 is 1.63 bits per heavy atom. The van der Waals surface area contributed by atoms with Crippen LogP contribution in [0.15, 0.2) is 58.3 Å². The number of aryl methyl sites for hydroxylation is 1.